The number of rotatable bonds is 2. The molecule has 0 aliphatic rings. The Morgan fingerprint density at radius 3 is 2.13 bits per heavy atom. The van der Waals surface area contributed by atoms with Crippen LogP contribution >= 0.6 is 0 Å². The van der Waals surface area contributed by atoms with Crippen LogP contribution < -0.4 is 5.32 Å². The molecular formula is C9H15NO5. The molecule has 15 heavy (non-hydrogen) atoms. The molecule has 0 unspecified atom stereocenters. The molecule has 1 N–H and O–H groups in total. The SMILES string of the molecule is COC(=O)CNC(=O)C(=O)OC(C)(C)C. The van der Waals surface area contributed by atoms with Gasteiger partial charge in [0, 0.05) is 0 Å². The first-order valence-corrected chi connectivity index (χ1v) is 4.34. The Bertz CT molecular complexity index is 266. The molecule has 0 aliphatic heterocycles. The molecule has 0 fully saturated rings. The highest BCUT2D eigenvalue weighted by Gasteiger charge is 2.22. The van der Waals surface area contributed by atoms with Gasteiger partial charge < -0.3 is 14.8 Å². The predicted octanol–water partition coefficient (Wildman–Crippen LogP) is -0.383. The standard InChI is InChI=1S/C9H15NO5/c1-9(2,3)15-8(13)7(12)10-5-6(11)14-4/h5H2,1-4H3,(H,10,12). The molecule has 6 heteroatoms. The smallest absolute Gasteiger partial charge is 0.397 e. The van der Waals surface area contributed by atoms with Crippen molar-refractivity contribution in [2.24, 2.45) is 0 Å². The summed E-state index contributed by atoms with van der Waals surface area (Å²) in [6.45, 7) is 4.56. The second-order valence-electron chi connectivity index (χ2n) is 3.76. The maximum Gasteiger partial charge on any atom is 0.397 e. The lowest BCUT2D eigenvalue weighted by atomic mass is 10.2. The number of hydrogen-bond donors (Lipinski definition) is 1. The van der Waals surface area contributed by atoms with Crippen LogP contribution in [0, 0.1) is 0 Å². The minimum absolute atomic E-state index is 0.353. The van der Waals surface area contributed by atoms with E-state index in [1.54, 1.807) is 20.8 Å². The van der Waals surface area contributed by atoms with Gasteiger partial charge in [0.1, 0.15) is 12.1 Å². The first-order valence-electron chi connectivity index (χ1n) is 4.34. The maximum absolute atomic E-state index is 11.1. The molecule has 0 radical (unpaired) electrons. The van der Waals surface area contributed by atoms with E-state index in [-0.39, 0.29) is 6.54 Å². The fraction of sp³-hybridized carbons (Fsp3) is 0.667. The van der Waals surface area contributed by atoms with E-state index in [9.17, 15) is 14.4 Å². The van der Waals surface area contributed by atoms with E-state index in [1.165, 1.54) is 7.11 Å². The van der Waals surface area contributed by atoms with E-state index in [1.807, 2.05) is 0 Å². The molecule has 0 saturated heterocycles. The molecule has 6 nitrogen and oxygen atoms in total. The second-order valence-corrected chi connectivity index (χ2v) is 3.76. The van der Waals surface area contributed by atoms with Crippen LogP contribution in [0.25, 0.3) is 0 Å². The lowest BCUT2D eigenvalue weighted by Gasteiger charge is -2.18. The molecule has 0 aromatic carbocycles. The highest BCUT2D eigenvalue weighted by molar-refractivity contribution is 6.32. The molecule has 0 rings (SSSR count). The summed E-state index contributed by atoms with van der Waals surface area (Å²) in [5, 5.41) is 2.07. The average molecular weight is 217 g/mol. The molecule has 0 aromatic rings. The lowest BCUT2D eigenvalue weighted by molar-refractivity contribution is -0.163. The summed E-state index contributed by atoms with van der Waals surface area (Å²) < 4.78 is 9.04. The molecule has 0 atom stereocenters. The van der Waals surface area contributed by atoms with E-state index < -0.39 is 23.4 Å². The van der Waals surface area contributed by atoms with Gasteiger partial charge in [0.2, 0.25) is 0 Å². The number of amides is 1. The Balaban J connectivity index is 4.01. The molecule has 0 spiro atoms. The number of nitrogens with one attached hydrogen (secondary N) is 1. The number of ether oxygens (including phenoxy) is 2. The lowest BCUT2D eigenvalue weighted by Crippen LogP contribution is -2.39. The van der Waals surface area contributed by atoms with Crippen LogP contribution in [0.3, 0.4) is 0 Å². The van der Waals surface area contributed by atoms with Crippen molar-refractivity contribution in [3.63, 3.8) is 0 Å². The van der Waals surface area contributed by atoms with Gasteiger partial charge in [-0.15, -0.1) is 0 Å². The Hall–Kier alpha value is -1.59. The van der Waals surface area contributed by atoms with Gasteiger partial charge in [-0.25, -0.2) is 4.79 Å². The molecular weight excluding hydrogens is 202 g/mol. The zero-order valence-corrected chi connectivity index (χ0v) is 9.25. The Kier molecular flexibility index (Phi) is 4.77. The average Bonchev–Trinajstić information content (AvgIpc) is 2.10. The summed E-state index contributed by atoms with van der Waals surface area (Å²) in [7, 11) is 1.18. The van der Waals surface area contributed by atoms with E-state index in [4.69, 9.17) is 4.74 Å². The van der Waals surface area contributed by atoms with Crippen LogP contribution in [0.2, 0.25) is 0 Å². The van der Waals surface area contributed by atoms with Crippen molar-refractivity contribution in [3.8, 4) is 0 Å². The normalized spacial score (nSPS) is 10.4. The Morgan fingerprint density at radius 2 is 1.73 bits per heavy atom. The van der Waals surface area contributed by atoms with Crippen LogP contribution in [0.5, 0.6) is 0 Å². The fourth-order valence-electron chi connectivity index (χ4n) is 0.621. The first-order chi connectivity index (χ1) is 6.76. The van der Waals surface area contributed by atoms with Gasteiger partial charge >= 0.3 is 17.8 Å². The topological polar surface area (TPSA) is 81.7 Å². The van der Waals surface area contributed by atoms with E-state index in [0.29, 0.717) is 0 Å². The van der Waals surface area contributed by atoms with E-state index >= 15 is 0 Å². The molecule has 0 heterocycles. The highest BCUT2D eigenvalue weighted by atomic mass is 16.6. The second kappa shape index (κ2) is 5.33. The zero-order chi connectivity index (χ0) is 12.1. The van der Waals surface area contributed by atoms with Crippen LogP contribution in [0.4, 0.5) is 0 Å². The van der Waals surface area contributed by atoms with Crippen molar-refractivity contribution in [2.45, 2.75) is 26.4 Å². The molecule has 0 saturated carbocycles. The van der Waals surface area contributed by atoms with Gasteiger partial charge in [-0.2, -0.15) is 0 Å². The van der Waals surface area contributed by atoms with Gasteiger partial charge in [-0.05, 0) is 20.8 Å². The minimum Gasteiger partial charge on any atom is -0.468 e. The molecule has 1 amide bonds. The third-order valence-electron chi connectivity index (χ3n) is 1.21. The van der Waals surface area contributed by atoms with Crippen molar-refractivity contribution < 1.29 is 23.9 Å². The molecule has 86 valence electrons. The zero-order valence-electron chi connectivity index (χ0n) is 9.25. The Labute approximate surface area is 87.9 Å². The van der Waals surface area contributed by atoms with Crippen molar-refractivity contribution in [1.82, 2.24) is 5.32 Å². The summed E-state index contributed by atoms with van der Waals surface area (Å²) >= 11 is 0. The van der Waals surface area contributed by atoms with Crippen molar-refractivity contribution in [3.05, 3.63) is 0 Å². The number of methoxy groups -OCH3 is 1. The summed E-state index contributed by atoms with van der Waals surface area (Å²) in [5.74, 6) is -2.62. The van der Waals surface area contributed by atoms with Crippen molar-refractivity contribution in [1.29, 1.82) is 0 Å². The number of esters is 2. The summed E-state index contributed by atoms with van der Waals surface area (Å²) in [5.41, 5.74) is -0.736. The van der Waals surface area contributed by atoms with Crippen molar-refractivity contribution in [2.75, 3.05) is 13.7 Å². The number of carbonyl (C=O) groups excluding carboxylic acids is 3. The van der Waals surface area contributed by atoms with Crippen LogP contribution in [-0.4, -0.2) is 37.1 Å². The largest absolute Gasteiger partial charge is 0.468 e. The van der Waals surface area contributed by atoms with Gasteiger partial charge in [-0.3, -0.25) is 9.59 Å². The molecule has 0 aliphatic carbocycles. The minimum atomic E-state index is -1.02. The van der Waals surface area contributed by atoms with Crippen LogP contribution in [-0.2, 0) is 23.9 Å². The first kappa shape index (κ1) is 13.4. The summed E-state index contributed by atoms with van der Waals surface area (Å²) in [4.78, 5) is 32.8. The van der Waals surface area contributed by atoms with E-state index in [0.717, 1.165) is 0 Å². The third kappa shape index (κ3) is 6.48. The third-order valence-corrected chi connectivity index (χ3v) is 1.21. The highest BCUT2D eigenvalue weighted by Crippen LogP contribution is 2.06. The Morgan fingerprint density at radius 1 is 1.20 bits per heavy atom. The predicted molar refractivity (Wildman–Crippen MR) is 50.9 cm³/mol. The molecule has 0 bridgehead atoms. The van der Waals surface area contributed by atoms with Crippen LogP contribution in [0.15, 0.2) is 0 Å². The van der Waals surface area contributed by atoms with E-state index in [2.05, 4.69) is 10.1 Å². The van der Waals surface area contributed by atoms with Gasteiger partial charge in [-0.1, -0.05) is 0 Å². The number of hydrogen-bond acceptors (Lipinski definition) is 5. The monoisotopic (exact) mass is 217 g/mol. The van der Waals surface area contributed by atoms with Gasteiger partial charge in [0.05, 0.1) is 7.11 Å². The van der Waals surface area contributed by atoms with Gasteiger partial charge in [0.15, 0.2) is 0 Å². The quantitative estimate of drug-likeness (QED) is 0.503. The van der Waals surface area contributed by atoms with Gasteiger partial charge in [0.25, 0.3) is 0 Å². The summed E-state index contributed by atoms with van der Waals surface area (Å²) in [6, 6.07) is 0. The number of carbonyl (C=O) groups is 3. The van der Waals surface area contributed by atoms with Crippen LogP contribution in [0.1, 0.15) is 20.8 Å². The summed E-state index contributed by atoms with van der Waals surface area (Å²) in [6.07, 6.45) is 0. The fourth-order valence-corrected chi connectivity index (χ4v) is 0.621. The van der Waals surface area contributed by atoms with Crippen molar-refractivity contribution >= 4 is 17.8 Å². The maximum atomic E-state index is 11.1. The molecule has 0 aromatic heterocycles.